The molecule has 4 aliphatic rings. The predicted octanol–water partition coefficient (Wildman–Crippen LogP) is 10.1. The lowest BCUT2D eigenvalue weighted by atomic mass is 9.49. The van der Waals surface area contributed by atoms with E-state index in [9.17, 15) is 4.79 Å². The van der Waals surface area contributed by atoms with E-state index in [1.54, 1.807) is 11.1 Å². The fraction of sp³-hybridized carbons (Fsp3) is 0.857. The van der Waals surface area contributed by atoms with E-state index in [-0.39, 0.29) is 27.7 Å². The molecule has 8 atom stereocenters. The molecule has 0 radical (unpaired) electrons. The number of carbonyl (C=O) groups is 1. The monoisotopic (exact) mass is 586 g/mol. The second-order valence-electron chi connectivity index (χ2n) is 17.7. The number of rotatable bonds is 7. The zero-order chi connectivity index (χ0) is 30.1. The van der Waals surface area contributed by atoms with Crippen molar-refractivity contribution in [3.05, 3.63) is 23.3 Å². The molecule has 0 aromatic carbocycles. The summed E-state index contributed by atoms with van der Waals surface area (Å²) in [5, 5.41) is 0.373. The van der Waals surface area contributed by atoms with Crippen molar-refractivity contribution in [1.29, 1.82) is 0 Å². The molecule has 0 spiro atoms. The van der Waals surface area contributed by atoms with Crippen LogP contribution in [0.5, 0.6) is 0 Å². The predicted molar refractivity (Wildman–Crippen MR) is 175 cm³/mol. The van der Waals surface area contributed by atoms with Gasteiger partial charge in [-0.3, -0.25) is 0 Å². The van der Waals surface area contributed by atoms with E-state index < -0.39 is 16.6 Å². The van der Waals surface area contributed by atoms with Crippen molar-refractivity contribution in [3.8, 4) is 0 Å². The van der Waals surface area contributed by atoms with Crippen LogP contribution in [0.25, 0.3) is 0 Å². The maximum absolute atomic E-state index is 11.4. The Balaban J connectivity index is 1.73. The van der Waals surface area contributed by atoms with Crippen LogP contribution in [0.3, 0.4) is 0 Å². The molecule has 0 N–H and O–H groups in total. The number of carbonyl (C=O) groups excluding carboxylic acids is 1. The van der Waals surface area contributed by atoms with Crippen LogP contribution in [0.15, 0.2) is 23.3 Å². The summed E-state index contributed by atoms with van der Waals surface area (Å²) in [7, 11) is -3.89. The van der Waals surface area contributed by atoms with Gasteiger partial charge in [0.25, 0.3) is 0 Å². The molecule has 0 heterocycles. The van der Waals surface area contributed by atoms with Gasteiger partial charge in [0.05, 0.1) is 12.2 Å². The summed E-state index contributed by atoms with van der Waals surface area (Å²) >= 11 is 0. The van der Waals surface area contributed by atoms with Crippen LogP contribution in [-0.2, 0) is 13.6 Å². The second-order valence-corrected chi connectivity index (χ2v) is 27.2. The van der Waals surface area contributed by atoms with Crippen molar-refractivity contribution in [3.63, 3.8) is 0 Å². The SMILES string of the molecule is C[C@H](CC=O)[C@H]1CC[C@H]2C3=CC=C4C[C@@H](O[Si](C)(C)C(C)(C)C)C[C@H](O[Si](C)(C)C(C)(C)C)[C@]4(C)[C@H]3CC[C@]12C. The molecule has 0 unspecified atom stereocenters. The summed E-state index contributed by atoms with van der Waals surface area (Å²) in [5.74, 6) is 2.31. The molecule has 40 heavy (non-hydrogen) atoms. The zero-order valence-electron chi connectivity index (χ0n) is 28.4. The van der Waals surface area contributed by atoms with Crippen LogP contribution >= 0.6 is 0 Å². The summed E-state index contributed by atoms with van der Waals surface area (Å²) in [6.45, 7) is 31.3. The summed E-state index contributed by atoms with van der Waals surface area (Å²) in [4.78, 5) is 11.4. The molecular formula is C35H62O3Si2. The Morgan fingerprint density at radius 1 is 0.925 bits per heavy atom. The molecule has 5 heteroatoms. The lowest BCUT2D eigenvalue weighted by molar-refractivity contribution is -0.109. The standard InChI is InChI=1S/C35H62O3Si2/c1-24(19-21-36)28-16-17-29-27-15-14-25-22-26(37-39(10,11)32(2,3)4)23-31(38-40(12,13)33(5,6)7)35(25,9)30(27)18-20-34(28,29)8/h14-15,21,24,26,28-31H,16-20,22-23H2,1-13H3/t24-,26-,28-,29+,30+,31+,34-,35+/m1/s1. The fourth-order valence-corrected chi connectivity index (χ4v) is 11.5. The van der Waals surface area contributed by atoms with Gasteiger partial charge >= 0.3 is 0 Å². The third kappa shape index (κ3) is 5.37. The van der Waals surface area contributed by atoms with E-state index in [1.165, 1.54) is 25.7 Å². The average Bonchev–Trinajstić information content (AvgIpc) is 3.15. The highest BCUT2D eigenvalue weighted by atomic mass is 28.4. The molecule has 0 bridgehead atoms. The Hall–Kier alpha value is -0.496. The van der Waals surface area contributed by atoms with Gasteiger partial charge in [-0.1, -0.05) is 85.6 Å². The van der Waals surface area contributed by atoms with Crippen LogP contribution in [0.2, 0.25) is 36.3 Å². The van der Waals surface area contributed by atoms with E-state index >= 15 is 0 Å². The molecule has 3 fully saturated rings. The van der Waals surface area contributed by atoms with Gasteiger partial charge in [0, 0.05) is 11.8 Å². The van der Waals surface area contributed by atoms with Crippen LogP contribution < -0.4 is 0 Å². The number of hydrogen-bond acceptors (Lipinski definition) is 3. The van der Waals surface area contributed by atoms with Crippen LogP contribution in [0.4, 0.5) is 0 Å². The summed E-state index contributed by atoms with van der Waals surface area (Å²) < 4.78 is 14.6. The van der Waals surface area contributed by atoms with Crippen molar-refractivity contribution >= 4 is 22.9 Å². The molecule has 4 aliphatic carbocycles. The van der Waals surface area contributed by atoms with E-state index in [0.717, 1.165) is 19.1 Å². The number of hydrogen-bond donors (Lipinski definition) is 0. The van der Waals surface area contributed by atoms with E-state index in [0.29, 0.717) is 35.5 Å². The summed E-state index contributed by atoms with van der Waals surface area (Å²) in [6.07, 6.45) is 14.4. The average molecular weight is 587 g/mol. The summed E-state index contributed by atoms with van der Waals surface area (Å²) in [5.41, 5.74) is 3.62. The first-order valence-electron chi connectivity index (χ1n) is 16.4. The van der Waals surface area contributed by atoms with Gasteiger partial charge in [-0.05, 0) is 104 Å². The largest absolute Gasteiger partial charge is 0.414 e. The number of fused-ring (bicyclic) bond motifs is 5. The highest BCUT2D eigenvalue weighted by Crippen LogP contribution is 2.67. The molecule has 228 valence electrons. The minimum atomic E-state index is -2.00. The Labute approximate surface area is 249 Å². The topological polar surface area (TPSA) is 35.5 Å². The maximum Gasteiger partial charge on any atom is 0.192 e. The Morgan fingerprint density at radius 2 is 1.52 bits per heavy atom. The fourth-order valence-electron chi connectivity index (χ4n) is 8.68. The Bertz CT molecular complexity index is 1030. The quantitative estimate of drug-likeness (QED) is 0.220. The summed E-state index contributed by atoms with van der Waals surface area (Å²) in [6, 6.07) is 0. The highest BCUT2D eigenvalue weighted by molar-refractivity contribution is 6.74. The first-order chi connectivity index (χ1) is 18.2. The lowest BCUT2D eigenvalue weighted by Gasteiger charge is -2.59. The zero-order valence-corrected chi connectivity index (χ0v) is 30.4. The van der Waals surface area contributed by atoms with Gasteiger partial charge in [-0.2, -0.15) is 0 Å². The second kappa shape index (κ2) is 10.6. The lowest BCUT2D eigenvalue weighted by Crippen LogP contribution is -2.58. The van der Waals surface area contributed by atoms with Gasteiger partial charge in [0.1, 0.15) is 6.29 Å². The van der Waals surface area contributed by atoms with Crippen LogP contribution in [0, 0.1) is 34.5 Å². The molecular weight excluding hydrogens is 525 g/mol. The number of allylic oxidation sites excluding steroid dienone is 3. The number of aldehydes is 1. The minimum Gasteiger partial charge on any atom is -0.414 e. The van der Waals surface area contributed by atoms with Gasteiger partial charge < -0.3 is 13.6 Å². The normalized spacial score (nSPS) is 37.6. The smallest absolute Gasteiger partial charge is 0.192 e. The first-order valence-corrected chi connectivity index (χ1v) is 22.2. The van der Waals surface area contributed by atoms with Gasteiger partial charge in [-0.25, -0.2) is 0 Å². The molecule has 0 aliphatic heterocycles. The molecule has 3 saturated carbocycles. The third-order valence-electron chi connectivity index (χ3n) is 13.3. The highest BCUT2D eigenvalue weighted by Gasteiger charge is 2.60. The van der Waals surface area contributed by atoms with Crippen LogP contribution in [-0.4, -0.2) is 35.1 Å². The van der Waals surface area contributed by atoms with Gasteiger partial charge in [0.2, 0.25) is 0 Å². The van der Waals surface area contributed by atoms with Crippen molar-refractivity contribution in [1.82, 2.24) is 0 Å². The maximum atomic E-state index is 11.4. The first kappa shape index (κ1) is 32.4. The van der Waals surface area contributed by atoms with E-state index in [1.807, 2.05) is 0 Å². The molecule has 3 nitrogen and oxygen atoms in total. The van der Waals surface area contributed by atoms with Crippen molar-refractivity contribution in [2.75, 3.05) is 0 Å². The third-order valence-corrected chi connectivity index (χ3v) is 22.4. The van der Waals surface area contributed by atoms with Gasteiger partial charge in [0.15, 0.2) is 16.6 Å². The molecule has 0 saturated heterocycles. The molecule has 0 aromatic rings. The van der Waals surface area contributed by atoms with Crippen molar-refractivity contribution < 1.29 is 13.6 Å². The Morgan fingerprint density at radius 3 is 2.10 bits per heavy atom. The van der Waals surface area contributed by atoms with E-state index in [4.69, 9.17) is 8.85 Å². The molecule has 0 amide bonds. The van der Waals surface area contributed by atoms with Gasteiger partial charge in [-0.15, -0.1) is 0 Å². The minimum absolute atomic E-state index is 0.0285. The molecule has 0 aromatic heterocycles. The van der Waals surface area contributed by atoms with Crippen LogP contribution in [0.1, 0.15) is 107 Å². The van der Waals surface area contributed by atoms with Crippen molar-refractivity contribution in [2.45, 2.75) is 156 Å². The van der Waals surface area contributed by atoms with Crippen molar-refractivity contribution in [2.24, 2.45) is 34.5 Å². The van der Waals surface area contributed by atoms with E-state index in [2.05, 4.69) is 101 Å². The molecule has 4 rings (SSSR count). The Kier molecular flexibility index (Phi) is 8.58.